The molecule has 5 heteroatoms. The summed E-state index contributed by atoms with van der Waals surface area (Å²) < 4.78 is 24.1. The van der Waals surface area contributed by atoms with Crippen molar-refractivity contribution in [1.82, 2.24) is 10.1 Å². The molecule has 0 saturated heterocycles. The van der Waals surface area contributed by atoms with Crippen LogP contribution in [0.4, 0.5) is 4.39 Å². The topological polar surface area (TPSA) is 38.5 Å². The van der Waals surface area contributed by atoms with Crippen molar-refractivity contribution in [1.29, 1.82) is 0 Å². The highest BCUT2D eigenvalue weighted by atomic mass is 19.1. The van der Waals surface area contributed by atoms with Gasteiger partial charge in [-0.3, -0.25) is 4.90 Å². The van der Waals surface area contributed by atoms with Gasteiger partial charge in [-0.25, -0.2) is 4.39 Å². The zero-order valence-corrected chi connectivity index (χ0v) is 13.7. The highest BCUT2D eigenvalue weighted by molar-refractivity contribution is 5.58. The van der Waals surface area contributed by atoms with Gasteiger partial charge in [0.1, 0.15) is 5.69 Å². The predicted octanol–water partition coefficient (Wildman–Crippen LogP) is 4.12. The van der Waals surface area contributed by atoms with Crippen LogP contribution in [0.25, 0.3) is 11.3 Å². The van der Waals surface area contributed by atoms with E-state index in [0.717, 1.165) is 22.6 Å². The Labute approximate surface area is 140 Å². The van der Waals surface area contributed by atoms with Gasteiger partial charge in [-0.2, -0.15) is 0 Å². The number of hydrogen-bond donors (Lipinski definition) is 0. The van der Waals surface area contributed by atoms with Crippen LogP contribution in [0.1, 0.15) is 11.3 Å². The number of benzene rings is 2. The first-order chi connectivity index (χ1) is 11.7. The van der Waals surface area contributed by atoms with Crippen molar-refractivity contribution in [3.05, 3.63) is 71.7 Å². The number of nitrogens with zero attached hydrogens (tertiary/aromatic N) is 2. The molecule has 0 saturated carbocycles. The van der Waals surface area contributed by atoms with Crippen molar-refractivity contribution in [2.45, 2.75) is 13.1 Å². The van der Waals surface area contributed by atoms with E-state index in [1.54, 1.807) is 6.07 Å². The lowest BCUT2D eigenvalue weighted by molar-refractivity contribution is 0.266. The first kappa shape index (κ1) is 16.2. The highest BCUT2D eigenvalue weighted by Crippen LogP contribution is 2.21. The molecule has 0 bridgehead atoms. The number of methoxy groups -OCH3 is 1. The van der Waals surface area contributed by atoms with Crippen molar-refractivity contribution >= 4 is 0 Å². The molecule has 1 heterocycles. The number of hydrogen-bond acceptors (Lipinski definition) is 4. The smallest absolute Gasteiger partial charge is 0.165 e. The van der Waals surface area contributed by atoms with Crippen LogP contribution in [-0.4, -0.2) is 24.2 Å². The Hall–Kier alpha value is -2.66. The van der Waals surface area contributed by atoms with Gasteiger partial charge in [0.15, 0.2) is 17.3 Å². The van der Waals surface area contributed by atoms with E-state index in [4.69, 9.17) is 9.26 Å². The molecule has 0 aliphatic heterocycles. The van der Waals surface area contributed by atoms with Gasteiger partial charge in [0.05, 0.1) is 13.7 Å². The normalized spacial score (nSPS) is 11.0. The maximum absolute atomic E-state index is 13.7. The number of rotatable bonds is 6. The van der Waals surface area contributed by atoms with Crippen molar-refractivity contribution in [2.75, 3.05) is 14.2 Å². The van der Waals surface area contributed by atoms with Gasteiger partial charge in [-0.1, -0.05) is 41.6 Å². The fourth-order valence-corrected chi connectivity index (χ4v) is 2.57. The predicted molar refractivity (Wildman–Crippen MR) is 90.1 cm³/mol. The SMILES string of the molecule is COc1ccc(CN(C)Cc2cc(-c3ccccc3)no2)cc1F. The molecule has 4 nitrogen and oxygen atoms in total. The highest BCUT2D eigenvalue weighted by Gasteiger charge is 2.10. The third-order valence-electron chi connectivity index (χ3n) is 3.72. The van der Waals surface area contributed by atoms with Crippen LogP contribution >= 0.6 is 0 Å². The molecule has 2 aromatic carbocycles. The molecule has 24 heavy (non-hydrogen) atoms. The van der Waals surface area contributed by atoms with E-state index >= 15 is 0 Å². The largest absolute Gasteiger partial charge is 0.494 e. The van der Waals surface area contributed by atoms with E-state index in [2.05, 4.69) is 5.16 Å². The van der Waals surface area contributed by atoms with Crippen LogP contribution in [0.5, 0.6) is 5.75 Å². The monoisotopic (exact) mass is 326 g/mol. The number of ether oxygens (including phenoxy) is 1. The van der Waals surface area contributed by atoms with Gasteiger partial charge in [0, 0.05) is 18.2 Å². The summed E-state index contributed by atoms with van der Waals surface area (Å²) in [5.74, 6) is 0.670. The quantitative estimate of drug-likeness (QED) is 0.683. The van der Waals surface area contributed by atoms with Gasteiger partial charge in [0.25, 0.3) is 0 Å². The Morgan fingerprint density at radius 2 is 1.88 bits per heavy atom. The summed E-state index contributed by atoms with van der Waals surface area (Å²) >= 11 is 0. The van der Waals surface area contributed by atoms with Gasteiger partial charge in [-0.15, -0.1) is 0 Å². The summed E-state index contributed by atoms with van der Waals surface area (Å²) in [6, 6.07) is 16.8. The third kappa shape index (κ3) is 3.81. The Morgan fingerprint density at radius 1 is 1.08 bits per heavy atom. The molecule has 0 unspecified atom stereocenters. The van der Waals surface area contributed by atoms with Gasteiger partial charge in [0.2, 0.25) is 0 Å². The van der Waals surface area contributed by atoms with E-state index in [-0.39, 0.29) is 11.6 Å². The Morgan fingerprint density at radius 3 is 2.58 bits per heavy atom. The average Bonchev–Trinajstić information content (AvgIpc) is 3.04. The van der Waals surface area contributed by atoms with Crippen molar-refractivity contribution in [3.8, 4) is 17.0 Å². The number of halogens is 1. The lowest BCUT2D eigenvalue weighted by Crippen LogP contribution is -2.17. The molecule has 3 rings (SSSR count). The van der Waals surface area contributed by atoms with E-state index in [1.807, 2.05) is 54.4 Å². The summed E-state index contributed by atoms with van der Waals surface area (Å²) in [6.45, 7) is 1.19. The first-order valence-electron chi connectivity index (χ1n) is 7.67. The minimum absolute atomic E-state index is 0.254. The number of aromatic nitrogens is 1. The molecular formula is C19H19FN2O2. The van der Waals surface area contributed by atoms with E-state index in [0.29, 0.717) is 13.1 Å². The van der Waals surface area contributed by atoms with Crippen LogP contribution < -0.4 is 4.74 Å². The molecule has 0 aliphatic rings. The zero-order chi connectivity index (χ0) is 16.9. The second kappa shape index (κ2) is 7.27. The van der Waals surface area contributed by atoms with Crippen LogP contribution in [-0.2, 0) is 13.1 Å². The maximum Gasteiger partial charge on any atom is 0.165 e. The van der Waals surface area contributed by atoms with Gasteiger partial charge >= 0.3 is 0 Å². The summed E-state index contributed by atoms with van der Waals surface area (Å²) in [5.41, 5.74) is 2.71. The molecule has 1 aromatic heterocycles. The van der Waals surface area contributed by atoms with E-state index in [1.165, 1.54) is 13.2 Å². The maximum atomic E-state index is 13.7. The fourth-order valence-electron chi connectivity index (χ4n) is 2.57. The minimum Gasteiger partial charge on any atom is -0.494 e. The Bertz CT molecular complexity index is 802. The summed E-state index contributed by atoms with van der Waals surface area (Å²) in [6.07, 6.45) is 0. The molecule has 0 spiro atoms. The second-order valence-corrected chi connectivity index (χ2v) is 5.69. The van der Waals surface area contributed by atoms with Crippen molar-refractivity contribution in [2.24, 2.45) is 0 Å². The molecule has 0 fully saturated rings. The molecule has 0 radical (unpaired) electrons. The molecule has 0 amide bonds. The first-order valence-corrected chi connectivity index (χ1v) is 7.67. The van der Waals surface area contributed by atoms with Crippen LogP contribution in [0, 0.1) is 5.82 Å². The molecule has 0 aliphatic carbocycles. The van der Waals surface area contributed by atoms with Gasteiger partial charge in [-0.05, 0) is 24.7 Å². The summed E-state index contributed by atoms with van der Waals surface area (Å²) in [7, 11) is 3.41. The van der Waals surface area contributed by atoms with Crippen molar-refractivity contribution in [3.63, 3.8) is 0 Å². The summed E-state index contributed by atoms with van der Waals surface area (Å²) in [5, 5.41) is 4.11. The van der Waals surface area contributed by atoms with E-state index in [9.17, 15) is 4.39 Å². The van der Waals surface area contributed by atoms with Crippen LogP contribution in [0.15, 0.2) is 59.1 Å². The van der Waals surface area contributed by atoms with Crippen molar-refractivity contribution < 1.29 is 13.7 Å². The molecule has 3 aromatic rings. The lowest BCUT2D eigenvalue weighted by atomic mass is 10.1. The lowest BCUT2D eigenvalue weighted by Gasteiger charge is -2.15. The fraction of sp³-hybridized carbons (Fsp3) is 0.211. The standard InChI is InChI=1S/C19H19FN2O2/c1-22(12-14-8-9-19(23-2)17(20)10-14)13-16-11-18(21-24-16)15-6-4-3-5-7-15/h3-11H,12-13H2,1-2H3. The Kier molecular flexibility index (Phi) is 4.91. The zero-order valence-electron chi connectivity index (χ0n) is 13.7. The van der Waals surface area contributed by atoms with Crippen LogP contribution in [0.2, 0.25) is 0 Å². The van der Waals surface area contributed by atoms with Gasteiger partial charge < -0.3 is 9.26 Å². The minimum atomic E-state index is -0.352. The molecule has 0 atom stereocenters. The third-order valence-corrected chi connectivity index (χ3v) is 3.72. The summed E-state index contributed by atoms with van der Waals surface area (Å²) in [4.78, 5) is 2.04. The molecule has 0 N–H and O–H groups in total. The second-order valence-electron chi connectivity index (χ2n) is 5.69. The van der Waals surface area contributed by atoms with E-state index < -0.39 is 0 Å². The Balaban J connectivity index is 1.64. The van der Waals surface area contributed by atoms with Crippen LogP contribution in [0.3, 0.4) is 0 Å². The average molecular weight is 326 g/mol. The molecule has 124 valence electrons. The molecular weight excluding hydrogens is 307 g/mol.